The van der Waals surface area contributed by atoms with Crippen LogP contribution in [-0.2, 0) is 15.6 Å². The molecular formula is C19H24N2O4S. The fraction of sp³-hybridized carbons (Fsp3) is 0.421. The summed E-state index contributed by atoms with van der Waals surface area (Å²) in [6.07, 6.45) is 3.26. The zero-order valence-corrected chi connectivity index (χ0v) is 15.7. The van der Waals surface area contributed by atoms with Gasteiger partial charge in [0.15, 0.2) is 15.6 Å². The van der Waals surface area contributed by atoms with E-state index in [4.69, 9.17) is 4.42 Å². The second-order valence-corrected chi connectivity index (χ2v) is 8.63. The molecule has 1 aliphatic rings. The molecule has 0 unspecified atom stereocenters. The number of hydrogen-bond acceptors (Lipinski definition) is 5. The van der Waals surface area contributed by atoms with E-state index in [-0.39, 0.29) is 22.3 Å². The molecule has 0 radical (unpaired) electrons. The van der Waals surface area contributed by atoms with Gasteiger partial charge in [0, 0.05) is 18.7 Å². The van der Waals surface area contributed by atoms with Crippen molar-refractivity contribution >= 4 is 15.7 Å². The predicted molar refractivity (Wildman–Crippen MR) is 98.6 cm³/mol. The maximum atomic E-state index is 12.8. The summed E-state index contributed by atoms with van der Waals surface area (Å²) < 4.78 is 30.6. The van der Waals surface area contributed by atoms with Gasteiger partial charge in [0.1, 0.15) is 0 Å². The molecule has 0 saturated carbocycles. The molecule has 7 heteroatoms. The second kappa shape index (κ2) is 8.05. The molecule has 6 nitrogen and oxygen atoms in total. The highest BCUT2D eigenvalue weighted by atomic mass is 32.2. The molecule has 0 atom stereocenters. The zero-order valence-electron chi connectivity index (χ0n) is 14.8. The highest BCUT2D eigenvalue weighted by Crippen LogP contribution is 2.23. The van der Waals surface area contributed by atoms with Crippen LogP contribution in [0.4, 0.5) is 0 Å². The smallest absolute Gasteiger partial charge is 0.289 e. The number of carbonyl (C=O) groups is 1. The average molecular weight is 376 g/mol. The molecule has 1 aromatic carbocycles. The number of sulfone groups is 1. The van der Waals surface area contributed by atoms with Gasteiger partial charge in [-0.2, -0.15) is 0 Å². The number of furan rings is 1. The molecule has 0 spiro atoms. The SMILES string of the molecule is CNCC1CCN(C(=O)c2occc2CS(=O)(=O)c2ccccc2)CC1. The third kappa shape index (κ3) is 4.16. The number of piperidine rings is 1. The summed E-state index contributed by atoms with van der Waals surface area (Å²) in [5, 5.41) is 3.17. The lowest BCUT2D eigenvalue weighted by Gasteiger charge is -2.31. The molecule has 1 aromatic heterocycles. The fourth-order valence-corrected chi connectivity index (χ4v) is 4.70. The molecule has 1 fully saturated rings. The topological polar surface area (TPSA) is 79.6 Å². The number of benzene rings is 1. The summed E-state index contributed by atoms with van der Waals surface area (Å²) in [6.45, 7) is 2.27. The van der Waals surface area contributed by atoms with Gasteiger partial charge in [-0.25, -0.2) is 8.42 Å². The molecule has 1 aliphatic heterocycles. The number of hydrogen-bond donors (Lipinski definition) is 1. The van der Waals surface area contributed by atoms with E-state index in [0.717, 1.165) is 19.4 Å². The normalized spacial score (nSPS) is 16.0. The van der Waals surface area contributed by atoms with Crippen LogP contribution in [0.5, 0.6) is 0 Å². The Kier molecular flexibility index (Phi) is 5.78. The monoisotopic (exact) mass is 376 g/mol. The van der Waals surface area contributed by atoms with Crippen molar-refractivity contribution in [2.45, 2.75) is 23.5 Å². The Morgan fingerprint density at radius 3 is 2.54 bits per heavy atom. The van der Waals surface area contributed by atoms with Gasteiger partial charge in [-0.1, -0.05) is 18.2 Å². The van der Waals surface area contributed by atoms with Gasteiger partial charge in [-0.05, 0) is 50.6 Å². The minimum atomic E-state index is -3.53. The van der Waals surface area contributed by atoms with Gasteiger partial charge < -0.3 is 14.6 Å². The van der Waals surface area contributed by atoms with Crippen LogP contribution in [0.25, 0.3) is 0 Å². The van der Waals surface area contributed by atoms with Crippen molar-refractivity contribution in [2.24, 2.45) is 5.92 Å². The van der Waals surface area contributed by atoms with Crippen LogP contribution < -0.4 is 5.32 Å². The van der Waals surface area contributed by atoms with Gasteiger partial charge >= 0.3 is 0 Å². The number of nitrogens with one attached hydrogen (secondary N) is 1. The molecule has 3 rings (SSSR count). The third-order valence-electron chi connectivity index (χ3n) is 4.78. The number of rotatable bonds is 6. The molecule has 0 aliphatic carbocycles. The number of amides is 1. The van der Waals surface area contributed by atoms with E-state index in [2.05, 4.69) is 5.32 Å². The van der Waals surface area contributed by atoms with Crippen molar-refractivity contribution in [3.05, 3.63) is 54.0 Å². The van der Waals surface area contributed by atoms with E-state index < -0.39 is 9.84 Å². The predicted octanol–water partition coefficient (Wildman–Crippen LogP) is 2.33. The van der Waals surface area contributed by atoms with Gasteiger partial charge in [0.05, 0.1) is 16.9 Å². The molecule has 2 heterocycles. The Morgan fingerprint density at radius 1 is 1.19 bits per heavy atom. The summed E-state index contributed by atoms with van der Waals surface area (Å²) in [7, 11) is -1.59. The standard InChI is InChI=1S/C19H24N2O4S/c1-20-13-15-7-10-21(11-8-15)19(22)18-16(9-12-25-18)14-26(23,24)17-5-3-2-4-6-17/h2-6,9,12,15,20H,7-8,10-11,13-14H2,1H3. The average Bonchev–Trinajstić information content (AvgIpc) is 3.10. The summed E-state index contributed by atoms with van der Waals surface area (Å²) in [6, 6.07) is 9.82. The highest BCUT2D eigenvalue weighted by Gasteiger charge is 2.28. The van der Waals surface area contributed by atoms with E-state index in [0.29, 0.717) is 24.6 Å². The second-order valence-electron chi connectivity index (χ2n) is 6.64. The summed E-state index contributed by atoms with van der Waals surface area (Å²) in [4.78, 5) is 14.8. The van der Waals surface area contributed by atoms with E-state index >= 15 is 0 Å². The van der Waals surface area contributed by atoms with Crippen molar-refractivity contribution in [2.75, 3.05) is 26.7 Å². The fourth-order valence-electron chi connectivity index (χ4n) is 3.33. The van der Waals surface area contributed by atoms with E-state index in [1.807, 2.05) is 7.05 Å². The Hall–Kier alpha value is -2.12. The van der Waals surface area contributed by atoms with Gasteiger partial charge in [0.2, 0.25) is 0 Å². The minimum absolute atomic E-state index is 0.136. The summed E-state index contributed by atoms with van der Waals surface area (Å²) in [5.74, 6) is 0.233. The minimum Gasteiger partial charge on any atom is -0.459 e. The van der Waals surface area contributed by atoms with Crippen LogP contribution in [0.3, 0.4) is 0 Å². The first-order valence-corrected chi connectivity index (χ1v) is 10.4. The molecule has 26 heavy (non-hydrogen) atoms. The Bertz CT molecular complexity index is 837. The van der Waals surface area contributed by atoms with Crippen molar-refractivity contribution in [3.63, 3.8) is 0 Å². The molecular weight excluding hydrogens is 352 g/mol. The van der Waals surface area contributed by atoms with Crippen LogP contribution in [0, 0.1) is 5.92 Å². The lowest BCUT2D eigenvalue weighted by molar-refractivity contribution is 0.0657. The third-order valence-corrected chi connectivity index (χ3v) is 6.46. The van der Waals surface area contributed by atoms with Crippen LogP contribution in [0.2, 0.25) is 0 Å². The molecule has 1 N–H and O–H groups in total. The maximum absolute atomic E-state index is 12.8. The van der Waals surface area contributed by atoms with E-state index in [9.17, 15) is 13.2 Å². The Balaban J connectivity index is 1.72. The van der Waals surface area contributed by atoms with Gasteiger partial charge in [-0.3, -0.25) is 4.79 Å². The molecule has 0 bridgehead atoms. The van der Waals surface area contributed by atoms with E-state index in [1.165, 1.54) is 6.26 Å². The first-order chi connectivity index (χ1) is 12.5. The lowest BCUT2D eigenvalue weighted by Crippen LogP contribution is -2.40. The Morgan fingerprint density at radius 2 is 1.88 bits per heavy atom. The number of nitrogens with zero attached hydrogens (tertiary/aromatic N) is 1. The zero-order chi connectivity index (χ0) is 18.6. The van der Waals surface area contributed by atoms with Crippen LogP contribution in [0.15, 0.2) is 52.0 Å². The van der Waals surface area contributed by atoms with Crippen LogP contribution in [0.1, 0.15) is 29.0 Å². The molecule has 1 amide bonds. The first kappa shape index (κ1) is 18.7. The van der Waals surface area contributed by atoms with Crippen molar-refractivity contribution < 1.29 is 17.6 Å². The van der Waals surface area contributed by atoms with Crippen molar-refractivity contribution in [1.82, 2.24) is 10.2 Å². The molecule has 140 valence electrons. The van der Waals surface area contributed by atoms with E-state index in [1.54, 1.807) is 41.3 Å². The maximum Gasteiger partial charge on any atom is 0.289 e. The van der Waals surface area contributed by atoms with Crippen LogP contribution in [-0.4, -0.2) is 45.9 Å². The number of likely N-dealkylation sites (tertiary alicyclic amines) is 1. The van der Waals surface area contributed by atoms with Crippen molar-refractivity contribution in [1.29, 1.82) is 0 Å². The summed E-state index contributed by atoms with van der Waals surface area (Å²) in [5.41, 5.74) is 0.413. The highest BCUT2D eigenvalue weighted by molar-refractivity contribution is 7.90. The number of carbonyl (C=O) groups excluding carboxylic acids is 1. The quantitative estimate of drug-likeness (QED) is 0.837. The van der Waals surface area contributed by atoms with Crippen LogP contribution >= 0.6 is 0 Å². The largest absolute Gasteiger partial charge is 0.459 e. The Labute approximate surface area is 154 Å². The van der Waals surface area contributed by atoms with Gasteiger partial charge in [0.25, 0.3) is 5.91 Å². The molecule has 1 saturated heterocycles. The lowest BCUT2D eigenvalue weighted by atomic mass is 9.96. The first-order valence-electron chi connectivity index (χ1n) is 8.79. The summed E-state index contributed by atoms with van der Waals surface area (Å²) >= 11 is 0. The van der Waals surface area contributed by atoms with Gasteiger partial charge in [-0.15, -0.1) is 0 Å². The van der Waals surface area contributed by atoms with Crippen molar-refractivity contribution in [3.8, 4) is 0 Å². The molecule has 2 aromatic rings.